The molecule has 30 heavy (non-hydrogen) atoms. The van der Waals surface area contributed by atoms with Gasteiger partial charge < -0.3 is 20.2 Å². The minimum absolute atomic E-state index is 0.000862. The van der Waals surface area contributed by atoms with Gasteiger partial charge in [0.25, 0.3) is 0 Å². The van der Waals surface area contributed by atoms with Crippen molar-refractivity contribution in [1.29, 1.82) is 0 Å². The molecule has 0 bridgehead atoms. The average Bonchev–Trinajstić information content (AvgIpc) is 3.13. The van der Waals surface area contributed by atoms with Crippen molar-refractivity contribution in [3.63, 3.8) is 0 Å². The van der Waals surface area contributed by atoms with Crippen molar-refractivity contribution in [2.24, 2.45) is 0 Å². The van der Waals surface area contributed by atoms with Gasteiger partial charge in [-0.1, -0.05) is 11.6 Å². The van der Waals surface area contributed by atoms with Crippen LogP contribution < -0.4 is 10.6 Å². The fraction of sp³-hybridized carbons (Fsp3) is 0.421. The Hall–Kier alpha value is -2.59. The number of amides is 1. The molecule has 1 saturated heterocycles. The summed E-state index contributed by atoms with van der Waals surface area (Å²) in [6.45, 7) is 0.982. The van der Waals surface area contributed by atoms with E-state index in [0.717, 1.165) is 31.4 Å². The number of carbonyl (C=O) groups excluding carboxylic acids is 1. The molecule has 2 heterocycles. The van der Waals surface area contributed by atoms with Gasteiger partial charge in [-0.15, -0.1) is 0 Å². The van der Waals surface area contributed by atoms with E-state index in [1.807, 2.05) is 12.1 Å². The second kappa shape index (κ2) is 8.65. The van der Waals surface area contributed by atoms with Crippen LogP contribution in [0.4, 0.5) is 13.2 Å². The summed E-state index contributed by atoms with van der Waals surface area (Å²) in [5, 5.41) is 14.4. The molecular weight excluding hydrogens is 427 g/mol. The quantitative estimate of drug-likeness (QED) is 0.667. The van der Waals surface area contributed by atoms with Crippen molar-refractivity contribution in [3.05, 3.63) is 41.2 Å². The van der Waals surface area contributed by atoms with Crippen LogP contribution in [0.3, 0.4) is 0 Å². The maximum absolute atomic E-state index is 12.2. The zero-order chi connectivity index (χ0) is 21.9. The van der Waals surface area contributed by atoms with Crippen LogP contribution >= 0.6 is 11.6 Å². The van der Waals surface area contributed by atoms with Crippen LogP contribution in [0.2, 0.25) is 5.02 Å². The van der Waals surface area contributed by atoms with E-state index in [2.05, 4.69) is 15.6 Å². The van der Waals surface area contributed by atoms with Crippen molar-refractivity contribution in [2.75, 3.05) is 6.54 Å². The van der Waals surface area contributed by atoms with E-state index < -0.39 is 12.1 Å². The number of alkyl halides is 3. The molecule has 7 nitrogen and oxygen atoms in total. The highest BCUT2D eigenvalue weighted by Crippen LogP contribution is 2.42. The van der Waals surface area contributed by atoms with E-state index >= 15 is 0 Å². The van der Waals surface area contributed by atoms with Crippen LogP contribution in [-0.4, -0.2) is 46.3 Å². The second-order valence-electron chi connectivity index (χ2n) is 7.12. The predicted octanol–water partition coefficient (Wildman–Crippen LogP) is 3.18. The number of oxazole rings is 1. The number of nitrogens with zero attached hydrogens (tertiary/aromatic N) is 1. The fourth-order valence-corrected chi connectivity index (χ4v) is 3.38. The van der Waals surface area contributed by atoms with Gasteiger partial charge in [0.2, 0.25) is 11.8 Å². The standard InChI is InChI=1S/C17H18ClN3O2.C2HF3O2/c18-12-3-1-11(2-4-12)16-20-13(10-23-16)9-15(22)21-14-5-8-19-17(14)6-7-17;3-2(4,5)1(6)7/h1-4,10,14,19H,5-9H2,(H,21,22);(H,6,7). The molecule has 11 heteroatoms. The average molecular weight is 446 g/mol. The van der Waals surface area contributed by atoms with Crippen molar-refractivity contribution >= 4 is 23.5 Å². The molecule has 2 aliphatic rings. The van der Waals surface area contributed by atoms with Gasteiger partial charge in [-0.3, -0.25) is 4.79 Å². The lowest BCUT2D eigenvalue weighted by Crippen LogP contribution is -2.45. The molecule has 4 rings (SSSR count). The third-order valence-corrected chi connectivity index (χ3v) is 5.18. The predicted molar refractivity (Wildman–Crippen MR) is 101 cm³/mol. The van der Waals surface area contributed by atoms with Gasteiger partial charge in [-0.2, -0.15) is 13.2 Å². The van der Waals surface area contributed by atoms with Crippen LogP contribution in [0, 0.1) is 0 Å². The summed E-state index contributed by atoms with van der Waals surface area (Å²) in [6, 6.07) is 7.52. The molecule has 1 saturated carbocycles. The summed E-state index contributed by atoms with van der Waals surface area (Å²) in [5.41, 5.74) is 1.66. The fourth-order valence-electron chi connectivity index (χ4n) is 3.26. The van der Waals surface area contributed by atoms with Crippen LogP contribution in [0.15, 0.2) is 34.9 Å². The van der Waals surface area contributed by atoms with E-state index in [1.165, 1.54) is 0 Å². The summed E-state index contributed by atoms with van der Waals surface area (Å²) < 4.78 is 37.2. The zero-order valence-electron chi connectivity index (χ0n) is 15.6. The molecular formula is C19H19ClF3N3O4. The van der Waals surface area contributed by atoms with Crippen molar-refractivity contribution in [2.45, 2.75) is 43.4 Å². The van der Waals surface area contributed by atoms with Gasteiger partial charge in [0.05, 0.1) is 12.1 Å². The summed E-state index contributed by atoms with van der Waals surface area (Å²) >= 11 is 5.87. The SMILES string of the molecule is O=C(Cc1coc(-c2ccc(Cl)cc2)n1)NC1CCNC12CC2.O=C(O)C(F)(F)F. The molecule has 1 aromatic heterocycles. The Morgan fingerprint density at radius 3 is 2.50 bits per heavy atom. The van der Waals surface area contributed by atoms with Gasteiger partial charge in [-0.05, 0) is 50.1 Å². The Morgan fingerprint density at radius 1 is 1.30 bits per heavy atom. The number of halogens is 4. The molecule has 1 spiro atoms. The largest absolute Gasteiger partial charge is 0.490 e. The minimum atomic E-state index is -5.08. The summed E-state index contributed by atoms with van der Waals surface area (Å²) in [6.07, 6.45) is 0.0127. The first-order chi connectivity index (χ1) is 14.1. The first kappa shape index (κ1) is 22.1. The van der Waals surface area contributed by atoms with Crippen LogP contribution in [0.25, 0.3) is 11.5 Å². The topological polar surface area (TPSA) is 104 Å². The number of hydrogen-bond donors (Lipinski definition) is 3. The van der Waals surface area contributed by atoms with E-state index in [1.54, 1.807) is 18.4 Å². The molecule has 0 radical (unpaired) electrons. The lowest BCUT2D eigenvalue weighted by atomic mass is 10.1. The van der Waals surface area contributed by atoms with Crippen molar-refractivity contribution in [3.8, 4) is 11.5 Å². The number of benzene rings is 1. The number of hydrogen-bond acceptors (Lipinski definition) is 5. The third-order valence-electron chi connectivity index (χ3n) is 4.93. The number of carboxylic acid groups (broad SMARTS) is 1. The maximum atomic E-state index is 12.2. The number of nitrogens with one attached hydrogen (secondary N) is 2. The number of carbonyl (C=O) groups is 2. The molecule has 1 aliphatic heterocycles. The van der Waals surface area contributed by atoms with Crippen LogP contribution in [-0.2, 0) is 16.0 Å². The van der Waals surface area contributed by atoms with E-state index in [0.29, 0.717) is 16.6 Å². The normalized spacial score (nSPS) is 19.1. The summed E-state index contributed by atoms with van der Waals surface area (Å²) in [7, 11) is 0. The minimum Gasteiger partial charge on any atom is -0.475 e. The Morgan fingerprint density at radius 2 is 1.93 bits per heavy atom. The molecule has 1 aliphatic carbocycles. The van der Waals surface area contributed by atoms with Gasteiger partial charge in [0.15, 0.2) is 0 Å². The molecule has 1 unspecified atom stereocenters. The smallest absolute Gasteiger partial charge is 0.475 e. The molecule has 2 fully saturated rings. The number of rotatable bonds is 4. The Balaban J connectivity index is 0.000000318. The van der Waals surface area contributed by atoms with Crippen molar-refractivity contribution < 1.29 is 32.3 Å². The van der Waals surface area contributed by atoms with Gasteiger partial charge in [-0.25, -0.2) is 9.78 Å². The van der Waals surface area contributed by atoms with E-state index in [4.69, 9.17) is 25.9 Å². The maximum Gasteiger partial charge on any atom is 0.490 e. The first-order valence-electron chi connectivity index (χ1n) is 9.14. The van der Waals surface area contributed by atoms with Crippen molar-refractivity contribution in [1.82, 2.24) is 15.6 Å². The number of aliphatic carboxylic acids is 1. The lowest BCUT2D eigenvalue weighted by molar-refractivity contribution is -0.192. The summed E-state index contributed by atoms with van der Waals surface area (Å²) in [5.74, 6) is -2.25. The van der Waals surface area contributed by atoms with Gasteiger partial charge in [0, 0.05) is 22.2 Å². The highest BCUT2D eigenvalue weighted by atomic mass is 35.5. The molecule has 3 N–H and O–H groups in total. The number of aromatic nitrogens is 1. The monoisotopic (exact) mass is 445 g/mol. The molecule has 1 aromatic carbocycles. The van der Waals surface area contributed by atoms with Crippen LogP contribution in [0.1, 0.15) is 25.0 Å². The van der Waals surface area contributed by atoms with E-state index in [-0.39, 0.29) is 23.9 Å². The molecule has 1 atom stereocenters. The first-order valence-corrected chi connectivity index (χ1v) is 9.52. The van der Waals surface area contributed by atoms with Gasteiger partial charge >= 0.3 is 12.1 Å². The second-order valence-corrected chi connectivity index (χ2v) is 7.56. The number of carboxylic acids is 1. The molecule has 162 valence electrons. The highest BCUT2D eigenvalue weighted by molar-refractivity contribution is 6.30. The molecule has 1 amide bonds. The zero-order valence-corrected chi connectivity index (χ0v) is 16.4. The van der Waals surface area contributed by atoms with Crippen LogP contribution in [0.5, 0.6) is 0 Å². The Kier molecular flexibility index (Phi) is 6.37. The summed E-state index contributed by atoms with van der Waals surface area (Å²) in [4.78, 5) is 25.5. The van der Waals surface area contributed by atoms with E-state index in [9.17, 15) is 18.0 Å². The third kappa shape index (κ3) is 5.51. The lowest BCUT2D eigenvalue weighted by Gasteiger charge is -2.19. The Bertz CT molecular complexity index is 910. The van der Waals surface area contributed by atoms with Gasteiger partial charge in [0.1, 0.15) is 6.26 Å². The molecule has 2 aromatic rings. The highest BCUT2D eigenvalue weighted by Gasteiger charge is 2.52. The Labute approximate surface area is 174 Å².